The number of ether oxygens (including phenoxy) is 1. The first-order valence-electron chi connectivity index (χ1n) is 14.2. The summed E-state index contributed by atoms with van der Waals surface area (Å²) in [6, 6.07) is 0. The number of allylic oxidation sites excluding steroid dienone is 1. The Hall–Kier alpha value is -2.22. The summed E-state index contributed by atoms with van der Waals surface area (Å²) in [4.78, 5) is 29.6. The number of aromatic nitrogens is 3. The van der Waals surface area contributed by atoms with Crippen molar-refractivity contribution in [1.82, 2.24) is 20.1 Å². The lowest BCUT2D eigenvalue weighted by molar-refractivity contribution is -0.191. The molecule has 1 saturated heterocycles. The molecule has 2 bridgehead atoms. The van der Waals surface area contributed by atoms with Crippen LogP contribution in [-0.4, -0.2) is 52.0 Å². The summed E-state index contributed by atoms with van der Waals surface area (Å²) in [5.74, 6) is -0.351. The average Bonchev–Trinajstić information content (AvgIpc) is 3.33. The quantitative estimate of drug-likeness (QED) is 0.614. The molecule has 2 N–H and O–H groups in total. The van der Waals surface area contributed by atoms with Crippen molar-refractivity contribution in [2.24, 2.45) is 45.3 Å². The first-order chi connectivity index (χ1) is 17.5. The maximum atomic E-state index is 12.8. The number of rotatable bonds is 3. The molecule has 202 valence electrons. The van der Waals surface area contributed by atoms with Crippen molar-refractivity contribution in [2.45, 2.75) is 79.1 Å². The lowest BCUT2D eigenvalue weighted by Crippen LogP contribution is -2.64. The molecule has 1 aromatic heterocycles. The summed E-state index contributed by atoms with van der Waals surface area (Å²) in [7, 11) is 1.59. The Kier molecular flexibility index (Phi) is 5.52. The number of amides is 1. The Morgan fingerprint density at radius 3 is 2.62 bits per heavy atom. The number of aliphatic carboxylic acids is 1. The van der Waals surface area contributed by atoms with Gasteiger partial charge in [0.25, 0.3) is 5.91 Å². The van der Waals surface area contributed by atoms with Gasteiger partial charge >= 0.3 is 5.97 Å². The van der Waals surface area contributed by atoms with E-state index >= 15 is 0 Å². The van der Waals surface area contributed by atoms with Crippen molar-refractivity contribution >= 4 is 17.6 Å². The van der Waals surface area contributed by atoms with E-state index in [4.69, 9.17) is 4.74 Å². The van der Waals surface area contributed by atoms with Crippen molar-refractivity contribution in [3.05, 3.63) is 17.7 Å². The topological polar surface area (TPSA) is 106 Å². The normalized spacial score (nSPS) is 44.9. The molecule has 8 heteroatoms. The van der Waals surface area contributed by atoms with E-state index in [1.807, 2.05) is 4.68 Å². The van der Waals surface area contributed by atoms with Gasteiger partial charge in [-0.1, -0.05) is 34.1 Å². The molecule has 5 aliphatic rings. The lowest BCUT2D eigenvalue weighted by Gasteiger charge is -2.69. The molecule has 1 amide bonds. The van der Waals surface area contributed by atoms with Gasteiger partial charge in [0.2, 0.25) is 5.82 Å². The van der Waals surface area contributed by atoms with Crippen LogP contribution in [0.15, 0.2) is 11.9 Å². The molecule has 37 heavy (non-hydrogen) atoms. The molecule has 4 aliphatic carbocycles. The van der Waals surface area contributed by atoms with E-state index in [9.17, 15) is 14.7 Å². The third-order valence-electron chi connectivity index (χ3n) is 12.1. The molecule has 2 heterocycles. The van der Waals surface area contributed by atoms with Crippen LogP contribution < -0.4 is 5.32 Å². The van der Waals surface area contributed by atoms with Crippen LogP contribution in [0.4, 0.5) is 0 Å². The SMILES string of the molecule is CNC(=O)c1ncn(C2=C3C(CCC4C5(C)CCCC34COC5)C3(C)CCC(C)C(C(=O)O)C3(C)C2)n1. The van der Waals surface area contributed by atoms with Gasteiger partial charge in [0.15, 0.2) is 0 Å². The molecule has 1 aliphatic heterocycles. The Labute approximate surface area is 219 Å². The first-order valence-corrected chi connectivity index (χ1v) is 14.2. The number of hydrogen-bond donors (Lipinski definition) is 2. The highest BCUT2D eigenvalue weighted by Gasteiger charge is 2.68. The molecular formula is C29H42N4O4. The molecule has 3 saturated carbocycles. The second-order valence-electron chi connectivity index (χ2n) is 13.6. The summed E-state index contributed by atoms with van der Waals surface area (Å²) >= 11 is 0. The molecule has 1 aromatic rings. The van der Waals surface area contributed by atoms with Gasteiger partial charge < -0.3 is 15.2 Å². The third kappa shape index (κ3) is 3.17. The highest BCUT2D eigenvalue weighted by molar-refractivity contribution is 5.90. The van der Waals surface area contributed by atoms with Crippen LogP contribution in [0.1, 0.15) is 89.7 Å². The van der Waals surface area contributed by atoms with E-state index in [2.05, 4.69) is 43.1 Å². The second kappa shape index (κ2) is 8.14. The average molecular weight is 511 g/mol. The van der Waals surface area contributed by atoms with Crippen molar-refractivity contribution in [2.75, 3.05) is 20.3 Å². The maximum Gasteiger partial charge on any atom is 0.307 e. The van der Waals surface area contributed by atoms with E-state index in [-0.39, 0.29) is 39.8 Å². The summed E-state index contributed by atoms with van der Waals surface area (Å²) in [5, 5.41) is 17.8. The number of nitrogens with one attached hydrogen (secondary N) is 1. The number of carboxylic acids is 1. The monoisotopic (exact) mass is 510 g/mol. The maximum absolute atomic E-state index is 12.8. The highest BCUT2D eigenvalue weighted by atomic mass is 16.5. The second-order valence-corrected chi connectivity index (χ2v) is 13.6. The highest BCUT2D eigenvalue weighted by Crippen LogP contribution is 2.74. The van der Waals surface area contributed by atoms with Gasteiger partial charge in [-0.05, 0) is 84.5 Å². The van der Waals surface area contributed by atoms with Crippen LogP contribution in [0.25, 0.3) is 5.70 Å². The zero-order valence-electron chi connectivity index (χ0n) is 23.0. The fourth-order valence-corrected chi connectivity index (χ4v) is 10.2. The fourth-order valence-electron chi connectivity index (χ4n) is 10.2. The number of carbonyl (C=O) groups excluding carboxylic acids is 1. The zero-order chi connectivity index (χ0) is 26.4. The number of carbonyl (C=O) groups is 2. The Bertz CT molecular complexity index is 1160. The van der Waals surface area contributed by atoms with Crippen LogP contribution in [0, 0.1) is 45.3 Å². The fraction of sp³-hybridized carbons (Fsp3) is 0.793. The van der Waals surface area contributed by atoms with E-state index in [0.29, 0.717) is 12.3 Å². The van der Waals surface area contributed by atoms with Gasteiger partial charge in [-0.15, -0.1) is 5.10 Å². The number of fused-ring (bicyclic) bond motifs is 3. The molecule has 8 unspecified atom stereocenters. The Morgan fingerprint density at radius 1 is 1.11 bits per heavy atom. The van der Waals surface area contributed by atoms with Gasteiger partial charge in [0.1, 0.15) is 6.33 Å². The van der Waals surface area contributed by atoms with Crippen LogP contribution in [-0.2, 0) is 9.53 Å². The van der Waals surface area contributed by atoms with E-state index in [0.717, 1.165) is 44.6 Å². The molecule has 0 aromatic carbocycles. The van der Waals surface area contributed by atoms with Crippen molar-refractivity contribution in [3.8, 4) is 0 Å². The van der Waals surface area contributed by atoms with E-state index < -0.39 is 17.3 Å². The van der Waals surface area contributed by atoms with Gasteiger partial charge in [0, 0.05) is 18.2 Å². The van der Waals surface area contributed by atoms with Gasteiger partial charge in [-0.25, -0.2) is 9.67 Å². The molecule has 0 spiro atoms. The molecule has 8 nitrogen and oxygen atoms in total. The van der Waals surface area contributed by atoms with Crippen LogP contribution in [0.5, 0.6) is 0 Å². The van der Waals surface area contributed by atoms with Crippen molar-refractivity contribution in [1.29, 1.82) is 0 Å². The van der Waals surface area contributed by atoms with Gasteiger partial charge in [-0.2, -0.15) is 0 Å². The van der Waals surface area contributed by atoms with E-state index in [1.165, 1.54) is 24.8 Å². The lowest BCUT2D eigenvalue weighted by atomic mass is 9.36. The summed E-state index contributed by atoms with van der Waals surface area (Å²) in [6.45, 7) is 10.7. The zero-order valence-corrected chi connectivity index (χ0v) is 23.0. The summed E-state index contributed by atoms with van der Waals surface area (Å²) in [6.07, 6.45) is 10.00. The van der Waals surface area contributed by atoms with Gasteiger partial charge in [-0.3, -0.25) is 9.59 Å². The predicted molar refractivity (Wildman–Crippen MR) is 138 cm³/mol. The standard InChI is InChI=1S/C29H42N4O4/c1-17-9-12-27(3)18-7-8-20-26(2)10-6-11-29(20,15-37-14-26)22(18)19(13-28(27,4)21(17)25(35)36)33-16-31-23(32-33)24(34)30-5/h16-18,20-21H,6-15H2,1-5H3,(H,30,34)(H,35,36). The van der Waals surface area contributed by atoms with E-state index in [1.54, 1.807) is 13.4 Å². The van der Waals surface area contributed by atoms with Gasteiger partial charge in [0.05, 0.1) is 19.1 Å². The van der Waals surface area contributed by atoms with Crippen molar-refractivity contribution in [3.63, 3.8) is 0 Å². The number of nitrogens with zero attached hydrogens (tertiary/aromatic N) is 3. The minimum Gasteiger partial charge on any atom is -0.481 e. The number of carboxylic acid groups (broad SMARTS) is 1. The third-order valence-corrected chi connectivity index (χ3v) is 12.1. The Balaban J connectivity index is 1.61. The molecule has 4 fully saturated rings. The summed E-state index contributed by atoms with van der Waals surface area (Å²) in [5.41, 5.74) is 2.07. The minimum atomic E-state index is -0.688. The molecule has 8 atom stereocenters. The Morgan fingerprint density at radius 2 is 1.89 bits per heavy atom. The van der Waals surface area contributed by atoms with Crippen LogP contribution >= 0.6 is 0 Å². The molecule has 0 radical (unpaired) electrons. The predicted octanol–water partition coefficient (Wildman–Crippen LogP) is 4.63. The van der Waals surface area contributed by atoms with Crippen LogP contribution in [0.2, 0.25) is 0 Å². The first kappa shape index (κ1) is 25.1. The smallest absolute Gasteiger partial charge is 0.307 e. The molecular weight excluding hydrogens is 468 g/mol. The van der Waals surface area contributed by atoms with Crippen molar-refractivity contribution < 1.29 is 19.4 Å². The number of hydrogen-bond acceptors (Lipinski definition) is 5. The van der Waals surface area contributed by atoms with Crippen LogP contribution in [0.3, 0.4) is 0 Å². The largest absolute Gasteiger partial charge is 0.481 e. The summed E-state index contributed by atoms with van der Waals surface area (Å²) < 4.78 is 8.25. The minimum absolute atomic E-state index is 0.0608. The molecule has 6 rings (SSSR count).